The third-order valence-electron chi connectivity index (χ3n) is 3.27. The summed E-state index contributed by atoms with van der Waals surface area (Å²) in [5.41, 5.74) is 0.997. The van der Waals surface area contributed by atoms with Gasteiger partial charge in [0.1, 0.15) is 0 Å². The van der Waals surface area contributed by atoms with Gasteiger partial charge in [-0.15, -0.1) is 0 Å². The lowest BCUT2D eigenvalue weighted by atomic mass is 9.98. The standard InChI is InChI=1S/C13H19FN2O/c1-9-12(16-6-5-15-9)8-10-3-4-13(17-2)11(14)7-10/h3-4,7,9,12,15-16H,5-6,8H2,1-2H3. The number of rotatable bonds is 3. The lowest BCUT2D eigenvalue weighted by molar-refractivity contribution is 0.336. The summed E-state index contributed by atoms with van der Waals surface area (Å²) in [6.45, 7) is 4.11. The van der Waals surface area contributed by atoms with Crippen molar-refractivity contribution in [3.63, 3.8) is 0 Å². The molecule has 4 heteroatoms. The fourth-order valence-corrected chi connectivity index (χ4v) is 2.22. The highest BCUT2D eigenvalue weighted by molar-refractivity contribution is 5.29. The number of hydrogen-bond acceptors (Lipinski definition) is 3. The molecule has 1 aromatic rings. The summed E-state index contributed by atoms with van der Waals surface area (Å²) in [7, 11) is 1.48. The Bertz CT molecular complexity index is 384. The van der Waals surface area contributed by atoms with Crippen LogP contribution in [0.3, 0.4) is 0 Å². The summed E-state index contributed by atoms with van der Waals surface area (Å²) in [5, 5.41) is 6.86. The molecule has 2 N–H and O–H groups in total. The highest BCUT2D eigenvalue weighted by atomic mass is 19.1. The number of halogens is 1. The molecule has 2 unspecified atom stereocenters. The minimum absolute atomic E-state index is 0.290. The van der Waals surface area contributed by atoms with Gasteiger partial charge < -0.3 is 15.4 Å². The fourth-order valence-electron chi connectivity index (χ4n) is 2.22. The third kappa shape index (κ3) is 2.96. The van der Waals surface area contributed by atoms with Gasteiger partial charge in [0.2, 0.25) is 0 Å². The molecule has 1 heterocycles. The zero-order valence-electron chi connectivity index (χ0n) is 10.3. The number of ether oxygens (including phenoxy) is 1. The van der Waals surface area contributed by atoms with E-state index in [1.54, 1.807) is 12.1 Å². The summed E-state index contributed by atoms with van der Waals surface area (Å²) in [6.07, 6.45) is 0.828. The molecule has 1 aliphatic rings. The van der Waals surface area contributed by atoms with Gasteiger partial charge in [0, 0.05) is 25.2 Å². The maximum absolute atomic E-state index is 13.5. The molecule has 17 heavy (non-hydrogen) atoms. The van der Waals surface area contributed by atoms with Crippen molar-refractivity contribution in [3.8, 4) is 5.75 Å². The molecule has 0 aliphatic carbocycles. The van der Waals surface area contributed by atoms with Gasteiger partial charge in [-0.3, -0.25) is 0 Å². The van der Waals surface area contributed by atoms with Crippen LogP contribution in [0.15, 0.2) is 18.2 Å². The lowest BCUT2D eigenvalue weighted by Gasteiger charge is -2.31. The molecule has 0 bridgehead atoms. The Morgan fingerprint density at radius 1 is 1.35 bits per heavy atom. The minimum Gasteiger partial charge on any atom is -0.494 e. The monoisotopic (exact) mass is 238 g/mol. The molecule has 3 nitrogen and oxygen atoms in total. The Morgan fingerprint density at radius 3 is 2.76 bits per heavy atom. The van der Waals surface area contributed by atoms with E-state index < -0.39 is 0 Å². The highest BCUT2D eigenvalue weighted by Crippen LogP contribution is 2.19. The highest BCUT2D eigenvalue weighted by Gasteiger charge is 2.20. The Hall–Kier alpha value is -1.13. The van der Waals surface area contributed by atoms with E-state index in [4.69, 9.17) is 4.74 Å². The molecule has 0 saturated carbocycles. The molecule has 2 atom stereocenters. The van der Waals surface area contributed by atoms with Crippen molar-refractivity contribution >= 4 is 0 Å². The second-order valence-electron chi connectivity index (χ2n) is 4.48. The van der Waals surface area contributed by atoms with Crippen molar-refractivity contribution in [2.24, 2.45) is 0 Å². The van der Waals surface area contributed by atoms with E-state index in [2.05, 4.69) is 17.6 Å². The summed E-state index contributed by atoms with van der Waals surface area (Å²) < 4.78 is 18.4. The third-order valence-corrected chi connectivity index (χ3v) is 3.27. The Kier molecular flexibility index (Phi) is 3.97. The molecule has 0 amide bonds. The Labute approximate surface area is 101 Å². The molecular formula is C13H19FN2O. The van der Waals surface area contributed by atoms with Crippen LogP contribution in [0.4, 0.5) is 4.39 Å². The van der Waals surface area contributed by atoms with E-state index in [1.165, 1.54) is 7.11 Å². The van der Waals surface area contributed by atoms with Crippen LogP contribution in [0.1, 0.15) is 12.5 Å². The van der Waals surface area contributed by atoms with Crippen molar-refractivity contribution in [2.75, 3.05) is 20.2 Å². The second-order valence-corrected chi connectivity index (χ2v) is 4.48. The summed E-state index contributed by atoms with van der Waals surface area (Å²) in [5.74, 6) is 0.0120. The van der Waals surface area contributed by atoms with Gasteiger partial charge in [-0.2, -0.15) is 0 Å². The van der Waals surface area contributed by atoms with E-state index in [1.807, 2.05) is 6.07 Å². The van der Waals surface area contributed by atoms with Gasteiger partial charge in [-0.25, -0.2) is 4.39 Å². The van der Waals surface area contributed by atoms with E-state index >= 15 is 0 Å². The van der Waals surface area contributed by atoms with Crippen LogP contribution >= 0.6 is 0 Å². The zero-order chi connectivity index (χ0) is 12.3. The number of piperazine rings is 1. The van der Waals surface area contributed by atoms with E-state index in [0.717, 1.165) is 25.1 Å². The van der Waals surface area contributed by atoms with Gasteiger partial charge in [-0.05, 0) is 31.0 Å². The van der Waals surface area contributed by atoms with Crippen LogP contribution in [-0.2, 0) is 6.42 Å². The van der Waals surface area contributed by atoms with Crippen molar-refractivity contribution in [3.05, 3.63) is 29.6 Å². The first kappa shape index (κ1) is 12.3. The topological polar surface area (TPSA) is 33.3 Å². The van der Waals surface area contributed by atoms with Crippen molar-refractivity contribution in [1.29, 1.82) is 0 Å². The predicted octanol–water partition coefficient (Wildman–Crippen LogP) is 1.33. The van der Waals surface area contributed by atoms with Crippen LogP contribution in [0.5, 0.6) is 5.75 Å². The van der Waals surface area contributed by atoms with Crippen LogP contribution in [-0.4, -0.2) is 32.3 Å². The predicted molar refractivity (Wildman–Crippen MR) is 65.9 cm³/mol. The molecular weight excluding hydrogens is 219 g/mol. The van der Waals surface area contributed by atoms with Gasteiger partial charge in [0.05, 0.1) is 7.11 Å². The Balaban J connectivity index is 2.05. The van der Waals surface area contributed by atoms with Crippen molar-refractivity contribution in [1.82, 2.24) is 10.6 Å². The Morgan fingerprint density at radius 2 is 2.12 bits per heavy atom. The van der Waals surface area contributed by atoms with Crippen molar-refractivity contribution < 1.29 is 9.13 Å². The maximum atomic E-state index is 13.5. The van der Waals surface area contributed by atoms with E-state index in [0.29, 0.717) is 17.8 Å². The minimum atomic E-state index is -0.290. The van der Waals surface area contributed by atoms with Gasteiger partial charge in [0.15, 0.2) is 11.6 Å². The first-order valence-electron chi connectivity index (χ1n) is 6.00. The smallest absolute Gasteiger partial charge is 0.165 e. The molecule has 1 saturated heterocycles. The fraction of sp³-hybridized carbons (Fsp3) is 0.538. The molecule has 2 rings (SSSR count). The van der Waals surface area contributed by atoms with Gasteiger partial charge in [-0.1, -0.05) is 6.07 Å². The average molecular weight is 238 g/mol. The largest absolute Gasteiger partial charge is 0.494 e. The second kappa shape index (κ2) is 5.47. The summed E-state index contributed by atoms with van der Waals surface area (Å²) >= 11 is 0. The van der Waals surface area contributed by atoms with Crippen molar-refractivity contribution in [2.45, 2.75) is 25.4 Å². The molecule has 1 aromatic carbocycles. The first-order chi connectivity index (χ1) is 8.20. The average Bonchev–Trinajstić information content (AvgIpc) is 2.32. The molecule has 0 aromatic heterocycles. The quantitative estimate of drug-likeness (QED) is 0.833. The normalized spacial score (nSPS) is 24.6. The first-order valence-corrected chi connectivity index (χ1v) is 6.00. The molecule has 1 fully saturated rings. The molecule has 0 spiro atoms. The zero-order valence-corrected chi connectivity index (χ0v) is 10.3. The molecule has 94 valence electrons. The van der Waals surface area contributed by atoms with Gasteiger partial charge >= 0.3 is 0 Å². The van der Waals surface area contributed by atoms with Crippen LogP contribution in [0.25, 0.3) is 0 Å². The van der Waals surface area contributed by atoms with E-state index in [9.17, 15) is 4.39 Å². The molecule has 1 aliphatic heterocycles. The van der Waals surface area contributed by atoms with Crippen LogP contribution in [0.2, 0.25) is 0 Å². The SMILES string of the molecule is COc1ccc(CC2NCCNC2C)cc1F. The summed E-state index contributed by atoms with van der Waals surface area (Å²) in [6, 6.07) is 5.93. The molecule has 0 radical (unpaired) electrons. The number of methoxy groups -OCH3 is 1. The van der Waals surface area contributed by atoms with Gasteiger partial charge in [0.25, 0.3) is 0 Å². The number of hydrogen-bond donors (Lipinski definition) is 2. The van der Waals surface area contributed by atoms with Crippen LogP contribution in [0, 0.1) is 5.82 Å². The summed E-state index contributed by atoms with van der Waals surface area (Å²) in [4.78, 5) is 0. The van der Waals surface area contributed by atoms with E-state index in [-0.39, 0.29) is 5.82 Å². The lowest BCUT2D eigenvalue weighted by Crippen LogP contribution is -2.55. The van der Waals surface area contributed by atoms with Crippen LogP contribution < -0.4 is 15.4 Å². The number of nitrogens with one attached hydrogen (secondary N) is 2. The maximum Gasteiger partial charge on any atom is 0.165 e. The number of benzene rings is 1.